The van der Waals surface area contributed by atoms with Gasteiger partial charge < -0.3 is 10.1 Å². The minimum absolute atomic E-state index is 0.448. The number of nitrogens with one attached hydrogen (secondary N) is 1. The molecule has 1 aromatic heterocycles. The van der Waals surface area contributed by atoms with Crippen LogP contribution in [0.3, 0.4) is 0 Å². The molecule has 0 radical (unpaired) electrons. The van der Waals surface area contributed by atoms with Gasteiger partial charge in [-0.05, 0) is 18.1 Å². The van der Waals surface area contributed by atoms with Gasteiger partial charge in [0, 0.05) is 18.8 Å². The zero-order chi connectivity index (χ0) is 15.1. The third-order valence-electron chi connectivity index (χ3n) is 3.21. The Morgan fingerprint density at radius 3 is 2.86 bits per heavy atom. The number of para-hydroxylation sites is 1. The fourth-order valence-corrected chi connectivity index (χ4v) is 2.02. The van der Waals surface area contributed by atoms with Gasteiger partial charge in [-0.2, -0.15) is 0 Å². The first-order valence-electron chi connectivity index (χ1n) is 7.52. The molecule has 0 amide bonds. The standard InChI is InChI=1S/C16H24N4O/c1-4-14-7-5-6-8-16(14)21-10-9-20-12-15(18-19-20)11-17-13(2)3/h5-8,12-13,17H,4,9-11H2,1-3H3. The van der Waals surface area contributed by atoms with E-state index in [1.165, 1.54) is 5.56 Å². The molecule has 0 bridgehead atoms. The van der Waals surface area contributed by atoms with Gasteiger partial charge in [0.05, 0.1) is 12.2 Å². The molecule has 1 aromatic carbocycles. The van der Waals surface area contributed by atoms with Crippen molar-refractivity contribution in [1.82, 2.24) is 20.3 Å². The number of nitrogens with zero attached hydrogens (tertiary/aromatic N) is 3. The highest BCUT2D eigenvalue weighted by atomic mass is 16.5. The zero-order valence-electron chi connectivity index (χ0n) is 13.0. The molecule has 0 atom stereocenters. The summed E-state index contributed by atoms with van der Waals surface area (Å²) in [6.07, 6.45) is 2.94. The lowest BCUT2D eigenvalue weighted by molar-refractivity contribution is 0.287. The minimum atomic E-state index is 0.448. The molecule has 0 spiro atoms. The van der Waals surface area contributed by atoms with Gasteiger partial charge in [-0.1, -0.05) is 44.2 Å². The van der Waals surface area contributed by atoms with Gasteiger partial charge in [0.15, 0.2) is 0 Å². The summed E-state index contributed by atoms with van der Waals surface area (Å²) in [5, 5.41) is 11.6. The van der Waals surface area contributed by atoms with Crippen molar-refractivity contribution in [3.63, 3.8) is 0 Å². The van der Waals surface area contributed by atoms with Crippen molar-refractivity contribution in [3.8, 4) is 5.75 Å². The summed E-state index contributed by atoms with van der Waals surface area (Å²) in [5.74, 6) is 0.960. The van der Waals surface area contributed by atoms with Crippen LogP contribution in [0.1, 0.15) is 32.0 Å². The fraction of sp³-hybridized carbons (Fsp3) is 0.500. The largest absolute Gasteiger partial charge is 0.491 e. The van der Waals surface area contributed by atoms with Crippen molar-refractivity contribution >= 4 is 0 Å². The fourth-order valence-electron chi connectivity index (χ4n) is 2.02. The maximum atomic E-state index is 5.84. The van der Waals surface area contributed by atoms with E-state index >= 15 is 0 Å². The van der Waals surface area contributed by atoms with Crippen LogP contribution >= 0.6 is 0 Å². The maximum Gasteiger partial charge on any atom is 0.122 e. The number of benzene rings is 1. The Hall–Kier alpha value is -1.88. The molecular formula is C16H24N4O. The van der Waals surface area contributed by atoms with Crippen molar-refractivity contribution in [2.24, 2.45) is 0 Å². The maximum absolute atomic E-state index is 5.84. The van der Waals surface area contributed by atoms with E-state index in [4.69, 9.17) is 4.74 Å². The van der Waals surface area contributed by atoms with Crippen molar-refractivity contribution in [2.75, 3.05) is 6.61 Å². The van der Waals surface area contributed by atoms with Crippen LogP contribution < -0.4 is 10.1 Å². The third-order valence-corrected chi connectivity index (χ3v) is 3.21. The van der Waals surface area contributed by atoms with E-state index in [-0.39, 0.29) is 0 Å². The molecule has 2 rings (SSSR count). The lowest BCUT2D eigenvalue weighted by atomic mass is 10.1. The second kappa shape index (κ2) is 7.78. The van der Waals surface area contributed by atoms with Crippen molar-refractivity contribution in [1.29, 1.82) is 0 Å². The topological polar surface area (TPSA) is 52.0 Å². The Morgan fingerprint density at radius 1 is 1.29 bits per heavy atom. The quantitative estimate of drug-likeness (QED) is 0.810. The van der Waals surface area contributed by atoms with E-state index in [0.29, 0.717) is 19.2 Å². The Balaban J connectivity index is 1.81. The summed E-state index contributed by atoms with van der Waals surface area (Å²) >= 11 is 0. The highest BCUT2D eigenvalue weighted by molar-refractivity contribution is 5.33. The molecule has 5 heteroatoms. The average Bonchev–Trinajstić information content (AvgIpc) is 2.93. The normalized spacial score (nSPS) is 11.0. The molecular weight excluding hydrogens is 264 g/mol. The minimum Gasteiger partial charge on any atom is -0.491 e. The highest BCUT2D eigenvalue weighted by Gasteiger charge is 2.03. The van der Waals surface area contributed by atoms with Crippen molar-refractivity contribution < 1.29 is 4.74 Å². The van der Waals surface area contributed by atoms with Gasteiger partial charge in [-0.3, -0.25) is 0 Å². The summed E-state index contributed by atoms with van der Waals surface area (Å²) < 4.78 is 7.66. The van der Waals surface area contributed by atoms with Crippen molar-refractivity contribution in [2.45, 2.75) is 46.3 Å². The van der Waals surface area contributed by atoms with Crippen molar-refractivity contribution in [3.05, 3.63) is 41.7 Å². The highest BCUT2D eigenvalue weighted by Crippen LogP contribution is 2.18. The summed E-state index contributed by atoms with van der Waals surface area (Å²) in [4.78, 5) is 0. The van der Waals surface area contributed by atoms with Gasteiger partial charge in [0.1, 0.15) is 12.4 Å². The van der Waals surface area contributed by atoms with Crippen LogP contribution in [0.2, 0.25) is 0 Å². The first-order valence-corrected chi connectivity index (χ1v) is 7.52. The molecule has 5 nitrogen and oxygen atoms in total. The molecule has 0 aliphatic rings. The number of aromatic nitrogens is 3. The molecule has 2 aromatic rings. The van der Waals surface area contributed by atoms with E-state index in [0.717, 1.165) is 24.4 Å². The third kappa shape index (κ3) is 4.86. The van der Waals surface area contributed by atoms with Gasteiger partial charge in [-0.25, -0.2) is 4.68 Å². The van der Waals surface area contributed by atoms with Crippen LogP contribution in [0, 0.1) is 0 Å². The zero-order valence-corrected chi connectivity index (χ0v) is 13.0. The second-order valence-electron chi connectivity index (χ2n) is 5.32. The van der Waals surface area contributed by atoms with Crippen LogP contribution in [-0.4, -0.2) is 27.6 Å². The Labute approximate surface area is 126 Å². The van der Waals surface area contributed by atoms with E-state index in [1.54, 1.807) is 0 Å². The Morgan fingerprint density at radius 2 is 2.10 bits per heavy atom. The molecule has 0 aliphatic carbocycles. The molecule has 0 saturated carbocycles. The first-order chi connectivity index (χ1) is 10.2. The lowest BCUT2D eigenvalue weighted by Crippen LogP contribution is -2.21. The number of aryl methyl sites for hydroxylation is 1. The molecule has 21 heavy (non-hydrogen) atoms. The van der Waals surface area contributed by atoms with Gasteiger partial charge in [0.2, 0.25) is 0 Å². The van der Waals surface area contributed by atoms with E-state index in [1.807, 2.05) is 29.1 Å². The number of hydrogen-bond donors (Lipinski definition) is 1. The van der Waals surface area contributed by atoms with Crippen LogP contribution in [0.15, 0.2) is 30.5 Å². The van der Waals surface area contributed by atoms with Crippen LogP contribution in [0.4, 0.5) is 0 Å². The van der Waals surface area contributed by atoms with E-state index < -0.39 is 0 Å². The first kappa shape index (κ1) is 15.5. The smallest absolute Gasteiger partial charge is 0.122 e. The summed E-state index contributed by atoms with van der Waals surface area (Å²) in [6.45, 7) is 8.40. The summed E-state index contributed by atoms with van der Waals surface area (Å²) in [7, 11) is 0. The number of ether oxygens (including phenoxy) is 1. The molecule has 1 heterocycles. The van der Waals surface area contributed by atoms with Crippen LogP contribution in [0.25, 0.3) is 0 Å². The predicted octanol–water partition coefficient (Wildman–Crippen LogP) is 2.42. The Kier molecular flexibility index (Phi) is 5.75. The molecule has 114 valence electrons. The molecule has 0 unspecified atom stereocenters. The Bertz CT molecular complexity index is 551. The van der Waals surface area contributed by atoms with Crippen LogP contribution in [-0.2, 0) is 19.5 Å². The summed E-state index contributed by atoms with van der Waals surface area (Å²) in [5.41, 5.74) is 2.19. The molecule has 1 N–H and O–H groups in total. The molecule has 0 saturated heterocycles. The van der Waals surface area contributed by atoms with E-state index in [9.17, 15) is 0 Å². The molecule has 0 fully saturated rings. The summed E-state index contributed by atoms with van der Waals surface area (Å²) in [6, 6.07) is 8.60. The average molecular weight is 288 g/mol. The predicted molar refractivity (Wildman–Crippen MR) is 83.3 cm³/mol. The van der Waals surface area contributed by atoms with Gasteiger partial charge in [-0.15, -0.1) is 5.10 Å². The second-order valence-corrected chi connectivity index (χ2v) is 5.32. The van der Waals surface area contributed by atoms with Crippen LogP contribution in [0.5, 0.6) is 5.75 Å². The SMILES string of the molecule is CCc1ccccc1OCCn1cc(CNC(C)C)nn1. The monoisotopic (exact) mass is 288 g/mol. The lowest BCUT2D eigenvalue weighted by Gasteiger charge is -2.09. The number of hydrogen-bond acceptors (Lipinski definition) is 4. The number of rotatable bonds is 8. The van der Waals surface area contributed by atoms with E-state index in [2.05, 4.69) is 42.5 Å². The van der Waals surface area contributed by atoms with Gasteiger partial charge >= 0.3 is 0 Å². The van der Waals surface area contributed by atoms with Gasteiger partial charge in [0.25, 0.3) is 0 Å². The molecule has 0 aliphatic heterocycles.